The van der Waals surface area contributed by atoms with Gasteiger partial charge < -0.3 is 11.1 Å². The van der Waals surface area contributed by atoms with Gasteiger partial charge in [0.15, 0.2) is 0 Å². The normalized spacial score (nSPS) is 21.1. The van der Waals surface area contributed by atoms with Crippen molar-refractivity contribution in [2.75, 3.05) is 31.6 Å². The van der Waals surface area contributed by atoms with Gasteiger partial charge in [0.2, 0.25) is 11.8 Å². The highest BCUT2D eigenvalue weighted by atomic mass is 35.5. The molecule has 0 aromatic heterocycles. The number of carbonyl (C=O) groups excluding carboxylic acids is 2. The molecule has 0 bridgehead atoms. The Bertz CT molecular complexity index is 501. The van der Waals surface area contributed by atoms with Crippen LogP contribution in [0.4, 0.5) is 0 Å². The van der Waals surface area contributed by atoms with E-state index in [0.29, 0.717) is 12.3 Å². The Morgan fingerprint density at radius 2 is 2.00 bits per heavy atom. The summed E-state index contributed by atoms with van der Waals surface area (Å²) < 4.78 is 0. The molecule has 3 N–H and O–H groups in total. The molecule has 0 radical (unpaired) electrons. The predicted octanol–water partition coefficient (Wildman–Crippen LogP) is 0.841. The fraction of sp³-hybridized carbons (Fsp3) is 0.467. The van der Waals surface area contributed by atoms with Gasteiger partial charge in [-0.2, -0.15) is 11.8 Å². The van der Waals surface area contributed by atoms with Crippen molar-refractivity contribution in [1.29, 1.82) is 0 Å². The summed E-state index contributed by atoms with van der Waals surface area (Å²) in [5, 5.41) is 3.08. The van der Waals surface area contributed by atoms with Crippen LogP contribution in [0.15, 0.2) is 30.3 Å². The molecule has 5 nitrogen and oxygen atoms in total. The van der Waals surface area contributed by atoms with E-state index in [9.17, 15) is 9.59 Å². The first-order chi connectivity index (χ1) is 10.1. The zero-order chi connectivity index (χ0) is 15.2. The third-order valence-electron chi connectivity index (χ3n) is 3.62. The average molecular weight is 344 g/mol. The fourth-order valence-electron chi connectivity index (χ4n) is 2.80. The van der Waals surface area contributed by atoms with Crippen LogP contribution in [0.5, 0.6) is 0 Å². The molecule has 2 atom stereocenters. The molecule has 2 amide bonds. The smallest absolute Gasteiger partial charge is 0.231 e. The van der Waals surface area contributed by atoms with E-state index in [4.69, 9.17) is 5.73 Å². The molecule has 1 aliphatic heterocycles. The largest absolute Gasteiger partial charge is 0.369 e. The van der Waals surface area contributed by atoms with Crippen molar-refractivity contribution in [1.82, 2.24) is 10.2 Å². The Morgan fingerprint density at radius 3 is 2.59 bits per heavy atom. The highest BCUT2D eigenvalue weighted by Crippen LogP contribution is 2.27. The van der Waals surface area contributed by atoms with Crippen molar-refractivity contribution in [3.05, 3.63) is 35.9 Å². The van der Waals surface area contributed by atoms with Crippen LogP contribution in [-0.4, -0.2) is 54.4 Å². The van der Waals surface area contributed by atoms with Crippen LogP contribution in [0.2, 0.25) is 0 Å². The van der Waals surface area contributed by atoms with E-state index >= 15 is 0 Å². The number of halogens is 1. The van der Waals surface area contributed by atoms with Crippen molar-refractivity contribution in [2.24, 2.45) is 5.73 Å². The molecule has 122 valence electrons. The second kappa shape index (κ2) is 9.02. The highest BCUT2D eigenvalue weighted by molar-refractivity contribution is 7.99. The standard InChI is InChI=1S/C15H21N3O2S.ClH/c1-21-10-15(20)17-13-8-18(9-14(16)19)7-12(13)11-5-3-2-4-6-11;/h2-6,12-13H,7-10H2,1H3,(H2,16,19)(H,17,20);1H/t12-,13+;/m1./s1. The lowest BCUT2D eigenvalue weighted by atomic mass is 9.94. The molecule has 0 saturated carbocycles. The molecule has 1 aromatic rings. The lowest BCUT2D eigenvalue weighted by Gasteiger charge is -2.20. The average Bonchev–Trinajstić information content (AvgIpc) is 2.81. The number of rotatable bonds is 6. The number of hydrogen-bond donors (Lipinski definition) is 2. The Kier molecular flexibility index (Phi) is 7.72. The molecular weight excluding hydrogens is 322 g/mol. The van der Waals surface area contributed by atoms with E-state index in [0.717, 1.165) is 6.54 Å². The molecule has 0 unspecified atom stereocenters. The number of hydrogen-bond acceptors (Lipinski definition) is 4. The summed E-state index contributed by atoms with van der Waals surface area (Å²) in [6, 6.07) is 10.1. The van der Waals surface area contributed by atoms with Crippen molar-refractivity contribution < 1.29 is 9.59 Å². The lowest BCUT2D eigenvalue weighted by Crippen LogP contribution is -2.41. The Morgan fingerprint density at radius 1 is 1.32 bits per heavy atom. The van der Waals surface area contributed by atoms with Crippen molar-refractivity contribution >= 4 is 36.0 Å². The van der Waals surface area contributed by atoms with Crippen LogP contribution in [-0.2, 0) is 9.59 Å². The third kappa shape index (κ3) is 5.19. The molecule has 1 heterocycles. The molecule has 7 heteroatoms. The van der Waals surface area contributed by atoms with Crippen molar-refractivity contribution in [3.63, 3.8) is 0 Å². The fourth-order valence-corrected chi connectivity index (χ4v) is 3.14. The van der Waals surface area contributed by atoms with Crippen LogP contribution >= 0.6 is 24.2 Å². The second-order valence-corrected chi connectivity index (χ2v) is 6.15. The van der Waals surface area contributed by atoms with Crippen molar-refractivity contribution in [3.8, 4) is 0 Å². The van der Waals surface area contributed by atoms with E-state index < -0.39 is 0 Å². The molecule has 1 aliphatic rings. The summed E-state index contributed by atoms with van der Waals surface area (Å²) in [4.78, 5) is 25.0. The molecule has 2 rings (SSSR count). The van der Waals surface area contributed by atoms with Gasteiger partial charge in [0, 0.05) is 25.0 Å². The molecule has 0 spiro atoms. The van der Waals surface area contributed by atoms with Crippen LogP contribution in [0.1, 0.15) is 11.5 Å². The number of benzene rings is 1. The van der Waals surface area contributed by atoms with Crippen LogP contribution in [0.3, 0.4) is 0 Å². The zero-order valence-electron chi connectivity index (χ0n) is 12.5. The van der Waals surface area contributed by atoms with E-state index in [1.54, 1.807) is 0 Å². The number of nitrogens with one attached hydrogen (secondary N) is 1. The first-order valence-corrected chi connectivity index (χ1v) is 8.33. The first kappa shape index (κ1) is 18.8. The van der Waals surface area contributed by atoms with Gasteiger partial charge in [-0.3, -0.25) is 14.5 Å². The van der Waals surface area contributed by atoms with Gasteiger partial charge in [0.25, 0.3) is 0 Å². The summed E-state index contributed by atoms with van der Waals surface area (Å²) in [5.74, 6) is 0.344. The maximum absolute atomic E-state index is 11.9. The molecular formula is C15H22ClN3O2S. The van der Waals surface area contributed by atoms with Crippen LogP contribution in [0, 0.1) is 0 Å². The van der Waals surface area contributed by atoms with Crippen LogP contribution < -0.4 is 11.1 Å². The predicted molar refractivity (Wildman–Crippen MR) is 92.4 cm³/mol. The molecule has 1 aromatic carbocycles. The molecule has 0 aliphatic carbocycles. The summed E-state index contributed by atoms with van der Waals surface area (Å²) in [5.41, 5.74) is 6.46. The molecule has 1 saturated heterocycles. The number of amides is 2. The van der Waals surface area contributed by atoms with E-state index in [-0.39, 0.29) is 42.7 Å². The van der Waals surface area contributed by atoms with Gasteiger partial charge >= 0.3 is 0 Å². The summed E-state index contributed by atoms with van der Waals surface area (Å²) >= 11 is 1.50. The van der Waals surface area contributed by atoms with Gasteiger partial charge in [-0.05, 0) is 11.8 Å². The maximum atomic E-state index is 11.9. The summed E-state index contributed by atoms with van der Waals surface area (Å²) in [6.07, 6.45) is 1.91. The number of thioether (sulfide) groups is 1. The van der Waals surface area contributed by atoms with Crippen molar-refractivity contribution in [2.45, 2.75) is 12.0 Å². The van der Waals surface area contributed by atoms with Gasteiger partial charge in [0.1, 0.15) is 0 Å². The monoisotopic (exact) mass is 343 g/mol. The second-order valence-electron chi connectivity index (χ2n) is 5.28. The summed E-state index contributed by atoms with van der Waals surface area (Å²) in [7, 11) is 0. The molecule has 1 fully saturated rings. The van der Waals surface area contributed by atoms with Gasteiger partial charge in [-0.1, -0.05) is 30.3 Å². The van der Waals surface area contributed by atoms with Gasteiger partial charge in [0.05, 0.1) is 12.3 Å². The number of likely N-dealkylation sites (tertiary alicyclic amines) is 1. The SMILES string of the molecule is CSCC(=O)N[C@H]1CN(CC(N)=O)C[C@@H]1c1ccccc1.Cl. The molecule has 22 heavy (non-hydrogen) atoms. The van der Waals surface area contributed by atoms with Gasteiger partial charge in [-0.25, -0.2) is 0 Å². The maximum Gasteiger partial charge on any atom is 0.231 e. The number of nitrogens with two attached hydrogens (primary N) is 1. The number of carbonyl (C=O) groups is 2. The lowest BCUT2D eigenvalue weighted by molar-refractivity contribution is -0.119. The zero-order valence-corrected chi connectivity index (χ0v) is 14.2. The minimum atomic E-state index is -0.335. The van der Waals surface area contributed by atoms with E-state index in [2.05, 4.69) is 17.4 Å². The Balaban J connectivity index is 0.00000242. The third-order valence-corrected chi connectivity index (χ3v) is 4.18. The number of primary amides is 1. The first-order valence-electron chi connectivity index (χ1n) is 6.94. The topological polar surface area (TPSA) is 75.4 Å². The number of nitrogens with zero attached hydrogens (tertiary/aromatic N) is 1. The van der Waals surface area contributed by atoms with E-state index in [1.807, 2.05) is 29.4 Å². The highest BCUT2D eigenvalue weighted by Gasteiger charge is 2.35. The minimum Gasteiger partial charge on any atom is -0.369 e. The van der Waals surface area contributed by atoms with E-state index in [1.165, 1.54) is 17.3 Å². The minimum absolute atomic E-state index is 0. The van der Waals surface area contributed by atoms with Gasteiger partial charge in [-0.15, -0.1) is 12.4 Å². The Hall–Kier alpha value is -1.24. The Labute approximate surface area is 141 Å². The van der Waals surface area contributed by atoms with Crippen LogP contribution in [0.25, 0.3) is 0 Å². The summed E-state index contributed by atoms with van der Waals surface area (Å²) in [6.45, 7) is 1.62. The quantitative estimate of drug-likeness (QED) is 0.802.